The summed E-state index contributed by atoms with van der Waals surface area (Å²) in [4.78, 5) is 9.38. The number of rotatable bonds is 3. The van der Waals surface area contributed by atoms with E-state index in [1.54, 1.807) is 7.11 Å². The Hall–Kier alpha value is -1.09. The third-order valence-electron chi connectivity index (χ3n) is 3.70. The van der Waals surface area contributed by atoms with Crippen molar-refractivity contribution < 1.29 is 9.47 Å². The fraction of sp³-hybridized carbons (Fsp3) is 0.600. The van der Waals surface area contributed by atoms with E-state index in [0.29, 0.717) is 5.90 Å². The van der Waals surface area contributed by atoms with Gasteiger partial charge in [0.15, 0.2) is 0 Å². The van der Waals surface area contributed by atoms with Crippen molar-refractivity contribution in [2.24, 2.45) is 8.20 Å². The van der Waals surface area contributed by atoms with Gasteiger partial charge in [-0.25, -0.2) is 4.99 Å². The molecule has 1 saturated heterocycles. The van der Waals surface area contributed by atoms with Gasteiger partial charge >= 0.3 is 0 Å². The predicted molar refractivity (Wildman–Crippen MR) is 97.4 cm³/mol. The van der Waals surface area contributed by atoms with Crippen LogP contribution in [0.25, 0.3) is 0 Å². The van der Waals surface area contributed by atoms with Crippen LogP contribution >= 0.6 is 22.9 Å². The highest BCUT2D eigenvalue weighted by Gasteiger charge is 2.23. The molecule has 2 aliphatic heterocycles. The lowest BCUT2D eigenvalue weighted by atomic mass is 10.1. The molecule has 0 bridgehead atoms. The molecular weight excluding hydrogens is 395 g/mol. The number of hydrogen-bond acceptors (Lipinski definition) is 6. The SMILES string of the molecule is COC(/C=C\CC1=C(C)CN(C)C(N2CCOCC2)=N1)=N/I. The average Bonchev–Trinajstić information content (AvgIpc) is 2.54. The number of likely N-dealkylation sites (N-methyl/N-ethyl adjacent to an activating group) is 1. The number of ether oxygens (including phenoxy) is 2. The van der Waals surface area contributed by atoms with Crippen molar-refractivity contribution in [3.63, 3.8) is 0 Å². The quantitative estimate of drug-likeness (QED) is 0.401. The van der Waals surface area contributed by atoms with E-state index in [9.17, 15) is 0 Å². The van der Waals surface area contributed by atoms with Crippen molar-refractivity contribution in [3.8, 4) is 0 Å². The number of methoxy groups -OCH3 is 1. The molecule has 7 heteroatoms. The minimum atomic E-state index is 0.615. The number of allylic oxidation sites excluding steroid dienone is 1. The van der Waals surface area contributed by atoms with Gasteiger partial charge in [0.2, 0.25) is 11.9 Å². The largest absolute Gasteiger partial charge is 0.481 e. The zero-order valence-electron chi connectivity index (χ0n) is 13.4. The Kier molecular flexibility index (Phi) is 6.69. The molecule has 0 aliphatic carbocycles. The topological polar surface area (TPSA) is 49.7 Å². The van der Waals surface area contributed by atoms with Gasteiger partial charge < -0.3 is 19.3 Å². The minimum absolute atomic E-state index is 0.615. The van der Waals surface area contributed by atoms with Crippen molar-refractivity contribution in [2.75, 3.05) is 47.0 Å². The molecule has 0 aromatic heterocycles. The predicted octanol–water partition coefficient (Wildman–Crippen LogP) is 2.24. The van der Waals surface area contributed by atoms with Gasteiger partial charge in [-0.05, 0) is 18.6 Å². The van der Waals surface area contributed by atoms with E-state index in [1.165, 1.54) is 5.57 Å². The molecule has 0 radical (unpaired) electrons. The molecule has 122 valence electrons. The van der Waals surface area contributed by atoms with E-state index in [-0.39, 0.29) is 0 Å². The first kappa shape index (κ1) is 17.3. The van der Waals surface area contributed by atoms with E-state index in [1.807, 2.05) is 35.0 Å². The highest BCUT2D eigenvalue weighted by atomic mass is 127. The molecule has 2 aliphatic rings. The molecule has 0 spiro atoms. The highest BCUT2D eigenvalue weighted by Crippen LogP contribution is 2.20. The summed E-state index contributed by atoms with van der Waals surface area (Å²) in [6.45, 7) is 6.41. The van der Waals surface area contributed by atoms with Crippen LogP contribution in [0.4, 0.5) is 0 Å². The summed E-state index contributed by atoms with van der Waals surface area (Å²) in [5, 5.41) is 0. The second-order valence-electron chi connectivity index (χ2n) is 5.33. The van der Waals surface area contributed by atoms with Gasteiger partial charge in [0, 0.05) is 38.8 Å². The van der Waals surface area contributed by atoms with Crippen molar-refractivity contribution in [1.29, 1.82) is 0 Å². The van der Waals surface area contributed by atoms with Gasteiger partial charge in [-0.1, -0.05) is 6.08 Å². The van der Waals surface area contributed by atoms with E-state index in [0.717, 1.165) is 50.9 Å². The Labute approximate surface area is 146 Å². The van der Waals surface area contributed by atoms with Crippen LogP contribution in [-0.4, -0.2) is 68.7 Å². The van der Waals surface area contributed by atoms with E-state index in [4.69, 9.17) is 14.5 Å². The maximum absolute atomic E-state index is 5.42. The maximum Gasteiger partial charge on any atom is 0.218 e. The Balaban J connectivity index is 2.08. The Morgan fingerprint density at radius 3 is 2.82 bits per heavy atom. The molecule has 0 N–H and O–H groups in total. The molecule has 22 heavy (non-hydrogen) atoms. The number of hydrogen-bond donors (Lipinski definition) is 0. The van der Waals surface area contributed by atoms with E-state index in [2.05, 4.69) is 27.0 Å². The molecule has 0 aromatic carbocycles. The standard InChI is InChI=1S/C15H23IN4O2/c1-12-11-19(2)15(20-7-9-22-10-8-20)17-13(12)5-4-6-14(18-16)21-3/h4,6H,5,7-11H2,1-3H3/b6-4-,18-14+. The monoisotopic (exact) mass is 418 g/mol. The van der Waals surface area contributed by atoms with Crippen molar-refractivity contribution in [2.45, 2.75) is 13.3 Å². The lowest BCUT2D eigenvalue weighted by molar-refractivity contribution is 0.0630. The summed E-state index contributed by atoms with van der Waals surface area (Å²) in [5.41, 5.74) is 2.43. The molecule has 0 atom stereocenters. The summed E-state index contributed by atoms with van der Waals surface area (Å²) in [6.07, 6.45) is 4.72. The molecule has 1 fully saturated rings. The summed E-state index contributed by atoms with van der Waals surface area (Å²) in [5.74, 6) is 1.66. The third-order valence-corrected chi connectivity index (χ3v) is 4.18. The smallest absolute Gasteiger partial charge is 0.218 e. The van der Waals surface area contributed by atoms with Crippen LogP contribution in [-0.2, 0) is 9.47 Å². The molecule has 0 saturated carbocycles. The second kappa shape index (κ2) is 8.52. The molecule has 6 nitrogen and oxygen atoms in total. The number of guanidine groups is 1. The Bertz CT molecular complexity index is 508. The van der Waals surface area contributed by atoms with Crippen LogP contribution in [0.5, 0.6) is 0 Å². The molecule has 0 aromatic rings. The lowest BCUT2D eigenvalue weighted by Crippen LogP contribution is -2.49. The van der Waals surface area contributed by atoms with Crippen LogP contribution in [0.2, 0.25) is 0 Å². The first-order valence-corrected chi connectivity index (χ1v) is 8.32. The average molecular weight is 418 g/mol. The first-order valence-electron chi connectivity index (χ1n) is 7.36. The van der Waals surface area contributed by atoms with Crippen molar-refractivity contribution in [3.05, 3.63) is 23.4 Å². The van der Waals surface area contributed by atoms with Gasteiger partial charge in [0.25, 0.3) is 0 Å². The molecule has 2 rings (SSSR count). The lowest BCUT2D eigenvalue weighted by Gasteiger charge is -2.37. The van der Waals surface area contributed by atoms with E-state index >= 15 is 0 Å². The number of morpholine rings is 1. The molecule has 0 amide bonds. The van der Waals surface area contributed by atoms with Crippen LogP contribution < -0.4 is 0 Å². The molecule has 2 heterocycles. The van der Waals surface area contributed by atoms with Crippen LogP contribution in [0.15, 0.2) is 31.6 Å². The number of aliphatic imine (C=N–C) groups is 1. The third kappa shape index (κ3) is 4.45. The van der Waals surface area contributed by atoms with Crippen molar-refractivity contribution in [1.82, 2.24) is 9.80 Å². The fourth-order valence-corrected chi connectivity index (χ4v) is 2.87. The number of nitrogens with zero attached hydrogens (tertiary/aromatic N) is 4. The van der Waals surface area contributed by atoms with Crippen LogP contribution in [0.1, 0.15) is 13.3 Å². The van der Waals surface area contributed by atoms with Gasteiger partial charge in [-0.3, -0.25) is 0 Å². The summed E-state index contributed by atoms with van der Waals surface area (Å²) in [6, 6.07) is 0. The number of halogens is 1. The summed E-state index contributed by atoms with van der Waals surface area (Å²) in [7, 11) is 3.72. The second-order valence-corrected chi connectivity index (χ2v) is 5.81. The van der Waals surface area contributed by atoms with Gasteiger partial charge in [-0.15, -0.1) is 0 Å². The van der Waals surface area contributed by atoms with Crippen molar-refractivity contribution >= 4 is 34.7 Å². The summed E-state index contributed by atoms with van der Waals surface area (Å²) < 4.78 is 14.6. The zero-order valence-corrected chi connectivity index (χ0v) is 15.5. The normalized spacial score (nSPS) is 20.7. The first-order chi connectivity index (χ1) is 10.7. The minimum Gasteiger partial charge on any atom is -0.481 e. The maximum atomic E-state index is 5.42. The Morgan fingerprint density at radius 2 is 2.18 bits per heavy atom. The van der Waals surface area contributed by atoms with Crippen LogP contribution in [0.3, 0.4) is 0 Å². The fourth-order valence-electron chi connectivity index (χ4n) is 2.52. The Morgan fingerprint density at radius 1 is 1.45 bits per heavy atom. The highest BCUT2D eigenvalue weighted by molar-refractivity contribution is 14.1. The zero-order chi connectivity index (χ0) is 15.9. The van der Waals surface area contributed by atoms with Gasteiger partial charge in [0.1, 0.15) is 0 Å². The van der Waals surface area contributed by atoms with Gasteiger partial charge in [-0.2, -0.15) is 3.21 Å². The molecule has 0 unspecified atom stereocenters. The van der Waals surface area contributed by atoms with Crippen LogP contribution in [0, 0.1) is 0 Å². The van der Waals surface area contributed by atoms with E-state index < -0.39 is 0 Å². The van der Waals surface area contributed by atoms with Gasteiger partial charge in [0.05, 0.1) is 43.2 Å². The summed E-state index contributed by atoms with van der Waals surface area (Å²) >= 11 is 1.93. The molecular formula is C15H23IN4O2.